The van der Waals surface area contributed by atoms with Crippen molar-refractivity contribution in [2.45, 2.75) is 26.9 Å². The van der Waals surface area contributed by atoms with Gasteiger partial charge in [-0.2, -0.15) is 0 Å². The fourth-order valence-electron chi connectivity index (χ4n) is 3.76. The van der Waals surface area contributed by atoms with Gasteiger partial charge in [0.2, 0.25) is 11.9 Å². The smallest absolute Gasteiger partial charge is 0.225 e. The van der Waals surface area contributed by atoms with Crippen LogP contribution in [0, 0.1) is 5.92 Å². The number of hydrogen-bond donors (Lipinski definition) is 0. The Kier molecular flexibility index (Phi) is 5.13. The van der Waals surface area contributed by atoms with E-state index in [0.29, 0.717) is 13.2 Å². The SMILES string of the molecule is COCc1nnc2c3ccccc3nc(N3CCCN(C(=O)C(C)C)CC3)n12. The van der Waals surface area contributed by atoms with Crippen molar-refractivity contribution in [2.75, 3.05) is 38.2 Å². The Bertz CT molecular complexity index is 999. The van der Waals surface area contributed by atoms with E-state index in [4.69, 9.17) is 9.72 Å². The third-order valence-electron chi connectivity index (χ3n) is 5.15. The third-order valence-corrected chi connectivity index (χ3v) is 5.15. The Morgan fingerprint density at radius 2 is 1.96 bits per heavy atom. The normalized spacial score (nSPS) is 15.6. The number of carbonyl (C=O) groups is 1. The fraction of sp³-hybridized carbons (Fsp3) is 0.500. The van der Waals surface area contributed by atoms with E-state index in [0.717, 1.165) is 54.4 Å². The number of anilines is 1. The summed E-state index contributed by atoms with van der Waals surface area (Å²) >= 11 is 0. The molecule has 4 rings (SSSR count). The largest absolute Gasteiger partial charge is 0.377 e. The van der Waals surface area contributed by atoms with Gasteiger partial charge in [0.1, 0.15) is 6.61 Å². The van der Waals surface area contributed by atoms with Crippen LogP contribution >= 0.6 is 0 Å². The van der Waals surface area contributed by atoms with Gasteiger partial charge in [-0.15, -0.1) is 10.2 Å². The lowest BCUT2D eigenvalue weighted by atomic mass is 10.2. The summed E-state index contributed by atoms with van der Waals surface area (Å²) in [5.41, 5.74) is 1.67. The molecule has 148 valence electrons. The van der Waals surface area contributed by atoms with Crippen molar-refractivity contribution in [3.8, 4) is 0 Å². The van der Waals surface area contributed by atoms with Gasteiger partial charge in [0.25, 0.3) is 0 Å². The first-order valence-electron chi connectivity index (χ1n) is 9.75. The molecule has 8 heteroatoms. The summed E-state index contributed by atoms with van der Waals surface area (Å²) in [7, 11) is 1.65. The molecule has 1 aromatic carbocycles. The van der Waals surface area contributed by atoms with E-state index in [-0.39, 0.29) is 11.8 Å². The highest BCUT2D eigenvalue weighted by Crippen LogP contribution is 2.25. The van der Waals surface area contributed by atoms with E-state index in [1.807, 2.05) is 47.4 Å². The molecule has 0 radical (unpaired) electrons. The lowest BCUT2D eigenvalue weighted by Gasteiger charge is -2.25. The number of ether oxygens (including phenoxy) is 1. The molecule has 0 aliphatic carbocycles. The molecular weight excluding hydrogens is 356 g/mol. The number of hydrogen-bond acceptors (Lipinski definition) is 6. The molecule has 1 amide bonds. The highest BCUT2D eigenvalue weighted by atomic mass is 16.5. The molecule has 0 N–H and O–H groups in total. The van der Waals surface area contributed by atoms with E-state index in [9.17, 15) is 4.79 Å². The topological polar surface area (TPSA) is 75.9 Å². The first kappa shape index (κ1) is 18.6. The number of rotatable bonds is 4. The van der Waals surface area contributed by atoms with Crippen LogP contribution in [0.15, 0.2) is 24.3 Å². The molecule has 1 aliphatic rings. The first-order chi connectivity index (χ1) is 13.6. The molecule has 8 nitrogen and oxygen atoms in total. The molecule has 2 aromatic heterocycles. The highest BCUT2D eigenvalue weighted by molar-refractivity contribution is 5.92. The van der Waals surface area contributed by atoms with Crippen molar-refractivity contribution in [1.82, 2.24) is 24.5 Å². The second kappa shape index (κ2) is 7.71. The van der Waals surface area contributed by atoms with Crippen LogP contribution in [-0.4, -0.2) is 63.7 Å². The van der Waals surface area contributed by atoms with Crippen LogP contribution in [0.1, 0.15) is 26.1 Å². The van der Waals surface area contributed by atoms with Crippen molar-refractivity contribution < 1.29 is 9.53 Å². The van der Waals surface area contributed by atoms with Crippen LogP contribution in [0.25, 0.3) is 16.6 Å². The molecule has 0 atom stereocenters. The Balaban J connectivity index is 1.76. The number of aromatic nitrogens is 4. The number of nitrogens with zero attached hydrogens (tertiary/aromatic N) is 6. The van der Waals surface area contributed by atoms with Gasteiger partial charge >= 0.3 is 0 Å². The number of para-hydroxylation sites is 1. The zero-order chi connectivity index (χ0) is 19.7. The van der Waals surface area contributed by atoms with Crippen molar-refractivity contribution >= 4 is 28.4 Å². The molecule has 3 aromatic rings. The molecule has 1 fully saturated rings. The van der Waals surface area contributed by atoms with Crippen LogP contribution in [0.3, 0.4) is 0 Å². The van der Waals surface area contributed by atoms with E-state index in [1.54, 1.807) is 7.11 Å². The summed E-state index contributed by atoms with van der Waals surface area (Å²) in [4.78, 5) is 21.6. The van der Waals surface area contributed by atoms with Gasteiger partial charge < -0.3 is 14.5 Å². The van der Waals surface area contributed by atoms with E-state index in [2.05, 4.69) is 15.1 Å². The van der Waals surface area contributed by atoms with Crippen LogP contribution in [-0.2, 0) is 16.1 Å². The molecule has 28 heavy (non-hydrogen) atoms. The number of carbonyl (C=O) groups excluding carboxylic acids is 1. The van der Waals surface area contributed by atoms with Crippen molar-refractivity contribution in [1.29, 1.82) is 0 Å². The molecule has 0 unspecified atom stereocenters. The molecule has 3 heterocycles. The quantitative estimate of drug-likeness (QED) is 0.688. The Morgan fingerprint density at radius 3 is 2.75 bits per heavy atom. The average molecular weight is 382 g/mol. The van der Waals surface area contributed by atoms with Gasteiger partial charge in [-0.05, 0) is 18.6 Å². The minimum absolute atomic E-state index is 0.0169. The van der Waals surface area contributed by atoms with E-state index < -0.39 is 0 Å². The van der Waals surface area contributed by atoms with Gasteiger partial charge in [0, 0.05) is 44.6 Å². The molecule has 0 saturated carbocycles. The molecule has 1 saturated heterocycles. The number of fused-ring (bicyclic) bond motifs is 3. The van der Waals surface area contributed by atoms with Gasteiger partial charge in [-0.1, -0.05) is 26.0 Å². The monoisotopic (exact) mass is 382 g/mol. The standard InChI is InChI=1S/C20H26N6O2/c1-14(2)19(27)24-9-6-10-25(12-11-24)20-21-16-8-5-4-7-15(16)18-23-22-17(13-28-3)26(18)20/h4-5,7-8,14H,6,9-13H2,1-3H3. The van der Waals surface area contributed by atoms with Crippen molar-refractivity contribution in [2.24, 2.45) is 5.92 Å². The number of methoxy groups -OCH3 is 1. The second-order valence-corrected chi connectivity index (χ2v) is 7.46. The predicted octanol–water partition coefficient (Wildman–Crippen LogP) is 2.12. The predicted molar refractivity (Wildman–Crippen MR) is 107 cm³/mol. The maximum absolute atomic E-state index is 12.4. The molecule has 1 aliphatic heterocycles. The summed E-state index contributed by atoms with van der Waals surface area (Å²) in [6.45, 7) is 7.28. The Labute approximate surface area is 164 Å². The zero-order valence-corrected chi connectivity index (χ0v) is 16.6. The highest BCUT2D eigenvalue weighted by Gasteiger charge is 2.24. The lowest BCUT2D eigenvalue weighted by molar-refractivity contribution is -0.134. The summed E-state index contributed by atoms with van der Waals surface area (Å²) < 4.78 is 7.32. The van der Waals surface area contributed by atoms with Crippen molar-refractivity contribution in [3.63, 3.8) is 0 Å². The van der Waals surface area contributed by atoms with Gasteiger partial charge in [0.05, 0.1) is 5.52 Å². The van der Waals surface area contributed by atoms with E-state index >= 15 is 0 Å². The fourth-order valence-corrected chi connectivity index (χ4v) is 3.76. The zero-order valence-electron chi connectivity index (χ0n) is 16.6. The minimum Gasteiger partial charge on any atom is -0.377 e. The van der Waals surface area contributed by atoms with Crippen LogP contribution < -0.4 is 4.90 Å². The third kappa shape index (κ3) is 3.28. The summed E-state index contributed by atoms with van der Waals surface area (Å²) in [5, 5.41) is 9.72. The van der Waals surface area contributed by atoms with Gasteiger partial charge in [0.15, 0.2) is 11.5 Å². The summed E-state index contributed by atoms with van der Waals surface area (Å²) in [5.74, 6) is 1.76. The summed E-state index contributed by atoms with van der Waals surface area (Å²) in [6.07, 6.45) is 0.899. The minimum atomic E-state index is 0.0169. The van der Waals surface area contributed by atoms with Gasteiger partial charge in [-0.3, -0.25) is 4.79 Å². The number of benzene rings is 1. The maximum atomic E-state index is 12.4. The molecule has 0 spiro atoms. The van der Waals surface area contributed by atoms with Crippen LogP contribution in [0.5, 0.6) is 0 Å². The second-order valence-electron chi connectivity index (χ2n) is 7.46. The lowest BCUT2D eigenvalue weighted by Crippen LogP contribution is -2.38. The van der Waals surface area contributed by atoms with Crippen LogP contribution in [0.4, 0.5) is 5.95 Å². The van der Waals surface area contributed by atoms with Gasteiger partial charge in [-0.25, -0.2) is 9.38 Å². The summed E-state index contributed by atoms with van der Waals surface area (Å²) in [6, 6.07) is 7.97. The average Bonchev–Trinajstić information content (AvgIpc) is 2.96. The maximum Gasteiger partial charge on any atom is 0.225 e. The Hall–Kier alpha value is -2.74. The Morgan fingerprint density at radius 1 is 1.14 bits per heavy atom. The number of amides is 1. The van der Waals surface area contributed by atoms with E-state index in [1.165, 1.54) is 0 Å². The first-order valence-corrected chi connectivity index (χ1v) is 9.75. The molecular formula is C20H26N6O2. The van der Waals surface area contributed by atoms with Crippen molar-refractivity contribution in [3.05, 3.63) is 30.1 Å². The van der Waals surface area contributed by atoms with Crippen LogP contribution in [0.2, 0.25) is 0 Å². The molecule has 0 bridgehead atoms.